The molecule has 0 aliphatic rings. The number of thiazole rings is 1. The van der Waals surface area contributed by atoms with Crippen molar-refractivity contribution in [1.82, 2.24) is 10.3 Å². The molecule has 1 aromatic heterocycles. The van der Waals surface area contributed by atoms with Crippen LogP contribution in [0.1, 0.15) is 39.4 Å². The molecule has 0 saturated carbocycles. The summed E-state index contributed by atoms with van der Waals surface area (Å²) in [5, 5.41) is 9.89. The van der Waals surface area contributed by atoms with Gasteiger partial charge in [0.25, 0.3) is 11.8 Å². The van der Waals surface area contributed by atoms with Gasteiger partial charge in [-0.15, -0.1) is 23.1 Å². The number of esters is 1. The largest absolute Gasteiger partial charge is 0.496 e. The first-order chi connectivity index (χ1) is 26.2. The zero-order chi connectivity index (χ0) is 38.5. The summed E-state index contributed by atoms with van der Waals surface area (Å²) in [6.45, 7) is 2.01. The second-order valence-electron chi connectivity index (χ2n) is 11.3. The van der Waals surface area contributed by atoms with Crippen LogP contribution in [0.3, 0.4) is 0 Å². The third-order valence-corrected chi connectivity index (χ3v) is 9.76. The number of amides is 3. The number of methoxy groups -OCH3 is 3. The van der Waals surface area contributed by atoms with E-state index < -0.39 is 17.1 Å². The van der Waals surface area contributed by atoms with Crippen molar-refractivity contribution in [3.05, 3.63) is 131 Å². The fourth-order valence-electron chi connectivity index (χ4n) is 5.09. The van der Waals surface area contributed by atoms with Crippen molar-refractivity contribution in [3.63, 3.8) is 0 Å². The fourth-order valence-corrected chi connectivity index (χ4v) is 6.83. The van der Waals surface area contributed by atoms with Crippen LogP contribution in [0, 0.1) is 0 Å². The predicted octanol–water partition coefficient (Wildman–Crippen LogP) is 7.16. The summed E-state index contributed by atoms with van der Waals surface area (Å²) in [7, 11) is 4.47. The lowest BCUT2D eigenvalue weighted by molar-refractivity contribution is -0.142. The fraction of sp³-hybridized carbons (Fsp3) is 0.175. The standard InChI is InChI=1S/C40H38N4O8S2/c1-5-52-35(45)22-29-24-53-40(42-29)44-39(48)36(25-12-8-6-9-13-25)54-30-18-16-28(17-19-30)41-38(47)31(43-37(46)26-14-10-7-11-15-26)20-27-21-33(50-3)34(51-4)23-32(27)49-2/h6-21,23-24,36H,5,22H2,1-4H3,(H,41,47)(H,43,46)(H,42,44,48)/b31-20-. The molecule has 0 bridgehead atoms. The Hall–Kier alpha value is -6.12. The minimum atomic E-state index is -0.650. The lowest BCUT2D eigenvalue weighted by Gasteiger charge is -2.17. The first-order valence-corrected chi connectivity index (χ1v) is 18.4. The zero-order valence-corrected chi connectivity index (χ0v) is 31.5. The number of carbonyl (C=O) groups excluding carboxylic acids is 4. The van der Waals surface area contributed by atoms with Gasteiger partial charge in [-0.3, -0.25) is 19.2 Å². The number of rotatable bonds is 16. The van der Waals surface area contributed by atoms with Crippen molar-refractivity contribution in [2.24, 2.45) is 0 Å². The molecule has 0 fully saturated rings. The van der Waals surface area contributed by atoms with E-state index in [9.17, 15) is 19.2 Å². The molecule has 3 N–H and O–H groups in total. The third kappa shape index (κ3) is 10.5. The van der Waals surface area contributed by atoms with Gasteiger partial charge in [-0.05, 0) is 61.0 Å². The van der Waals surface area contributed by atoms with Crippen molar-refractivity contribution in [1.29, 1.82) is 0 Å². The number of aromatic nitrogens is 1. The molecule has 12 nitrogen and oxygen atoms in total. The summed E-state index contributed by atoms with van der Waals surface area (Å²) in [4.78, 5) is 57.6. The number of hydrogen-bond acceptors (Lipinski definition) is 11. The average molecular weight is 767 g/mol. The van der Waals surface area contributed by atoms with E-state index in [0.29, 0.717) is 44.9 Å². The summed E-state index contributed by atoms with van der Waals surface area (Å²) in [5.74, 6) is -0.545. The van der Waals surface area contributed by atoms with Crippen LogP contribution in [0.2, 0.25) is 0 Å². The Bertz CT molecular complexity index is 2110. The molecule has 0 radical (unpaired) electrons. The topological polar surface area (TPSA) is 154 Å². The molecular formula is C40H38N4O8S2. The maximum absolute atomic E-state index is 13.8. The highest BCUT2D eigenvalue weighted by molar-refractivity contribution is 8.00. The molecule has 1 unspecified atom stereocenters. The number of hydrogen-bond donors (Lipinski definition) is 3. The number of thioether (sulfide) groups is 1. The summed E-state index contributed by atoms with van der Waals surface area (Å²) in [6, 6.07) is 28.1. The Balaban J connectivity index is 1.35. The van der Waals surface area contributed by atoms with Gasteiger partial charge >= 0.3 is 5.97 Å². The summed E-state index contributed by atoms with van der Waals surface area (Å²) in [5.41, 5.74) is 2.49. The Morgan fingerprint density at radius 3 is 2.11 bits per heavy atom. The zero-order valence-electron chi connectivity index (χ0n) is 29.9. The molecule has 0 aliphatic carbocycles. The molecule has 0 spiro atoms. The first-order valence-electron chi connectivity index (χ1n) is 16.6. The van der Waals surface area contributed by atoms with Crippen LogP contribution in [-0.2, 0) is 25.5 Å². The minimum absolute atomic E-state index is 0.0149. The van der Waals surface area contributed by atoms with E-state index in [1.807, 2.05) is 30.3 Å². The van der Waals surface area contributed by atoms with E-state index in [4.69, 9.17) is 18.9 Å². The maximum Gasteiger partial charge on any atom is 0.311 e. The van der Waals surface area contributed by atoms with Gasteiger partial charge in [0.1, 0.15) is 16.7 Å². The van der Waals surface area contributed by atoms with Crippen LogP contribution in [0.5, 0.6) is 17.2 Å². The molecule has 1 heterocycles. The van der Waals surface area contributed by atoms with Crippen LogP contribution < -0.4 is 30.2 Å². The monoisotopic (exact) mass is 766 g/mol. The highest BCUT2D eigenvalue weighted by atomic mass is 32.2. The smallest absolute Gasteiger partial charge is 0.311 e. The molecule has 3 amide bonds. The molecule has 278 valence electrons. The number of nitrogens with zero attached hydrogens (tertiary/aromatic N) is 1. The van der Waals surface area contributed by atoms with E-state index in [0.717, 1.165) is 10.5 Å². The van der Waals surface area contributed by atoms with Crippen LogP contribution in [0.25, 0.3) is 6.08 Å². The number of nitrogens with one attached hydrogen (secondary N) is 3. The van der Waals surface area contributed by atoms with E-state index in [1.54, 1.807) is 79.0 Å². The van der Waals surface area contributed by atoms with E-state index >= 15 is 0 Å². The Kier molecular flexibility index (Phi) is 13.8. The lowest BCUT2D eigenvalue weighted by Crippen LogP contribution is -2.30. The summed E-state index contributed by atoms with van der Waals surface area (Å²) < 4.78 is 21.4. The van der Waals surface area contributed by atoms with Crippen molar-refractivity contribution in [2.45, 2.75) is 23.5 Å². The number of benzene rings is 4. The number of ether oxygens (including phenoxy) is 4. The molecule has 1 atom stereocenters. The van der Waals surface area contributed by atoms with Gasteiger partial charge in [-0.1, -0.05) is 48.5 Å². The molecule has 14 heteroatoms. The Morgan fingerprint density at radius 1 is 0.815 bits per heavy atom. The predicted molar refractivity (Wildman–Crippen MR) is 209 cm³/mol. The molecule has 4 aromatic carbocycles. The first kappa shape index (κ1) is 39.1. The van der Waals surface area contributed by atoms with Gasteiger partial charge in [0.05, 0.1) is 40.1 Å². The molecule has 0 saturated heterocycles. The SMILES string of the molecule is CCOC(=O)Cc1csc(NC(=O)C(Sc2ccc(NC(=O)/C(=C/c3cc(OC)c(OC)cc3OC)NC(=O)c3ccccc3)cc2)c2ccccc2)n1. The molecular weight excluding hydrogens is 729 g/mol. The van der Waals surface area contributed by atoms with Gasteiger partial charge in [-0.25, -0.2) is 4.98 Å². The van der Waals surface area contributed by atoms with Gasteiger partial charge in [0.2, 0.25) is 5.91 Å². The van der Waals surface area contributed by atoms with E-state index in [2.05, 4.69) is 20.9 Å². The van der Waals surface area contributed by atoms with Gasteiger partial charge < -0.3 is 34.9 Å². The minimum Gasteiger partial charge on any atom is -0.496 e. The lowest BCUT2D eigenvalue weighted by atomic mass is 10.1. The van der Waals surface area contributed by atoms with Crippen molar-refractivity contribution in [3.8, 4) is 17.2 Å². The summed E-state index contributed by atoms with van der Waals surface area (Å²) >= 11 is 2.54. The molecule has 0 aliphatic heterocycles. The molecule has 54 heavy (non-hydrogen) atoms. The Morgan fingerprint density at radius 2 is 1.46 bits per heavy atom. The molecule has 5 rings (SSSR count). The summed E-state index contributed by atoms with van der Waals surface area (Å²) in [6.07, 6.45) is 1.51. The highest BCUT2D eigenvalue weighted by Gasteiger charge is 2.24. The Labute approximate surface area is 320 Å². The van der Waals surface area contributed by atoms with Gasteiger partial charge in [-0.2, -0.15) is 0 Å². The van der Waals surface area contributed by atoms with Crippen molar-refractivity contribution < 1.29 is 38.1 Å². The van der Waals surface area contributed by atoms with E-state index in [1.165, 1.54) is 50.5 Å². The van der Waals surface area contributed by atoms with Gasteiger partial charge in [0.15, 0.2) is 16.6 Å². The van der Waals surface area contributed by atoms with Crippen LogP contribution >= 0.6 is 23.1 Å². The maximum atomic E-state index is 13.8. The number of carbonyl (C=O) groups is 4. The highest BCUT2D eigenvalue weighted by Crippen LogP contribution is 2.38. The average Bonchev–Trinajstić information content (AvgIpc) is 3.63. The van der Waals surface area contributed by atoms with Gasteiger partial charge in [0, 0.05) is 33.2 Å². The van der Waals surface area contributed by atoms with Crippen molar-refractivity contribution >= 4 is 63.7 Å². The van der Waals surface area contributed by atoms with Crippen molar-refractivity contribution in [2.75, 3.05) is 38.6 Å². The number of anilines is 2. The van der Waals surface area contributed by atoms with E-state index in [-0.39, 0.29) is 30.6 Å². The third-order valence-electron chi connectivity index (χ3n) is 7.68. The van der Waals surface area contributed by atoms with Crippen LogP contribution in [0.15, 0.2) is 113 Å². The van der Waals surface area contributed by atoms with Crippen LogP contribution in [0.4, 0.5) is 10.8 Å². The molecule has 5 aromatic rings. The van der Waals surface area contributed by atoms with Crippen LogP contribution in [-0.4, -0.2) is 56.6 Å². The second-order valence-corrected chi connectivity index (χ2v) is 13.4. The second kappa shape index (κ2) is 19.1. The quantitative estimate of drug-likeness (QED) is 0.0536. The normalized spacial score (nSPS) is 11.5.